The minimum Gasteiger partial charge on any atom is -0.384 e. The van der Waals surface area contributed by atoms with Crippen molar-refractivity contribution in [3.8, 4) is 0 Å². The minimum atomic E-state index is -3.38. The van der Waals surface area contributed by atoms with E-state index in [4.69, 9.17) is 15.9 Å². The van der Waals surface area contributed by atoms with Gasteiger partial charge in [-0.15, -0.1) is 11.3 Å². The van der Waals surface area contributed by atoms with Crippen molar-refractivity contribution in [2.75, 3.05) is 12.4 Å². The maximum absolute atomic E-state index is 12.1. The van der Waals surface area contributed by atoms with Crippen molar-refractivity contribution in [3.63, 3.8) is 0 Å². The van der Waals surface area contributed by atoms with E-state index in [-0.39, 0.29) is 23.1 Å². The molecule has 0 radical (unpaired) electrons. The number of nitrogens with two attached hydrogens (primary N) is 1. The first-order valence-corrected chi connectivity index (χ1v) is 8.79. The molecule has 1 aromatic heterocycles. The van der Waals surface area contributed by atoms with Crippen LogP contribution in [0.1, 0.15) is 10.4 Å². The average Bonchev–Trinajstić information content (AvgIpc) is 2.97. The zero-order valence-corrected chi connectivity index (χ0v) is 12.9. The summed E-state index contributed by atoms with van der Waals surface area (Å²) in [6.45, 7) is 0.575. The van der Waals surface area contributed by atoms with Crippen molar-refractivity contribution < 1.29 is 13.2 Å². The zero-order valence-electron chi connectivity index (χ0n) is 11.3. The van der Waals surface area contributed by atoms with Gasteiger partial charge in [0.05, 0.1) is 23.9 Å². The van der Waals surface area contributed by atoms with Crippen LogP contribution in [0, 0.1) is 5.41 Å². The Morgan fingerprint density at radius 2 is 1.95 bits per heavy atom. The molecule has 0 saturated carbocycles. The summed E-state index contributed by atoms with van der Waals surface area (Å²) in [5.74, 6) is -0.157. The Hall–Kier alpha value is -1.70. The summed E-state index contributed by atoms with van der Waals surface area (Å²) in [5, 5.41) is 9.23. The van der Waals surface area contributed by atoms with E-state index in [2.05, 4.69) is 0 Å². The second kappa shape index (κ2) is 6.84. The van der Waals surface area contributed by atoms with Crippen molar-refractivity contribution in [1.29, 1.82) is 5.41 Å². The molecular weight excluding hydrogens is 308 g/mol. The number of benzene rings is 1. The van der Waals surface area contributed by atoms with Gasteiger partial charge in [0.2, 0.25) is 0 Å². The monoisotopic (exact) mass is 324 g/mol. The molecule has 3 N–H and O–H groups in total. The molecule has 1 aromatic carbocycles. The lowest BCUT2D eigenvalue weighted by molar-refractivity contribution is 0.137. The maximum Gasteiger partial charge on any atom is 0.180 e. The lowest BCUT2D eigenvalue weighted by Crippen LogP contribution is -2.14. The standard InChI is InChI=1S/C14H16N2O3S2/c15-14(16)11-3-5-13(6-4-11)21(17,18)9-7-19-10-12-2-1-8-20-12/h1-6,8H,7,9-10H2,(H3,15,16). The number of sulfone groups is 1. The van der Waals surface area contributed by atoms with Crippen LogP contribution in [-0.4, -0.2) is 26.6 Å². The summed E-state index contributed by atoms with van der Waals surface area (Å²) in [4.78, 5) is 1.28. The summed E-state index contributed by atoms with van der Waals surface area (Å²) < 4.78 is 29.6. The smallest absolute Gasteiger partial charge is 0.180 e. The van der Waals surface area contributed by atoms with Crippen LogP contribution in [0.5, 0.6) is 0 Å². The fourth-order valence-electron chi connectivity index (χ4n) is 1.70. The Kier molecular flexibility index (Phi) is 5.11. The van der Waals surface area contributed by atoms with E-state index in [0.717, 1.165) is 4.88 Å². The maximum atomic E-state index is 12.1. The van der Waals surface area contributed by atoms with Gasteiger partial charge < -0.3 is 10.5 Å². The van der Waals surface area contributed by atoms with Crippen LogP contribution in [0.2, 0.25) is 0 Å². The van der Waals surface area contributed by atoms with Crippen LogP contribution in [0.15, 0.2) is 46.7 Å². The lowest BCUT2D eigenvalue weighted by atomic mass is 10.2. The molecule has 0 saturated heterocycles. The molecule has 0 fully saturated rings. The molecule has 0 spiro atoms. The quantitative estimate of drug-likeness (QED) is 0.463. The highest BCUT2D eigenvalue weighted by molar-refractivity contribution is 7.91. The Morgan fingerprint density at radius 3 is 2.52 bits per heavy atom. The molecule has 1 heterocycles. The molecule has 112 valence electrons. The van der Waals surface area contributed by atoms with Crippen molar-refractivity contribution in [3.05, 3.63) is 52.2 Å². The van der Waals surface area contributed by atoms with Gasteiger partial charge in [0.1, 0.15) is 5.84 Å². The fraction of sp³-hybridized carbons (Fsp3) is 0.214. The van der Waals surface area contributed by atoms with Gasteiger partial charge in [0.25, 0.3) is 0 Å². The Balaban J connectivity index is 1.90. The van der Waals surface area contributed by atoms with Crippen LogP contribution < -0.4 is 5.73 Å². The molecule has 0 bridgehead atoms. The number of rotatable bonds is 7. The van der Waals surface area contributed by atoms with Gasteiger partial charge >= 0.3 is 0 Å². The summed E-state index contributed by atoms with van der Waals surface area (Å²) >= 11 is 1.58. The largest absolute Gasteiger partial charge is 0.384 e. The van der Waals surface area contributed by atoms with Gasteiger partial charge in [-0.05, 0) is 23.6 Å². The predicted octanol–water partition coefficient (Wildman–Crippen LogP) is 2.02. The second-order valence-electron chi connectivity index (χ2n) is 4.39. The molecule has 5 nitrogen and oxygen atoms in total. The molecule has 0 amide bonds. The number of nitrogen functional groups attached to an aromatic ring is 1. The van der Waals surface area contributed by atoms with Crippen LogP contribution in [0.3, 0.4) is 0 Å². The highest BCUT2D eigenvalue weighted by Crippen LogP contribution is 2.13. The molecule has 0 atom stereocenters. The number of amidine groups is 1. The average molecular weight is 324 g/mol. The number of hydrogen-bond donors (Lipinski definition) is 2. The van der Waals surface area contributed by atoms with Crippen molar-refractivity contribution in [2.45, 2.75) is 11.5 Å². The molecule has 0 aliphatic heterocycles. The number of nitrogens with one attached hydrogen (secondary N) is 1. The molecule has 2 aromatic rings. The normalized spacial score (nSPS) is 11.4. The van der Waals surface area contributed by atoms with Gasteiger partial charge in [-0.3, -0.25) is 5.41 Å². The molecule has 0 unspecified atom stereocenters. The zero-order chi connectivity index (χ0) is 15.3. The number of hydrogen-bond acceptors (Lipinski definition) is 5. The molecule has 0 aliphatic carbocycles. The molecule has 0 aliphatic rings. The molecule has 21 heavy (non-hydrogen) atoms. The summed E-state index contributed by atoms with van der Waals surface area (Å²) in [5.41, 5.74) is 5.84. The minimum absolute atomic E-state index is 0.0716. The Labute approximate surface area is 127 Å². The molecular formula is C14H16N2O3S2. The van der Waals surface area contributed by atoms with E-state index < -0.39 is 9.84 Å². The SMILES string of the molecule is N=C(N)c1ccc(S(=O)(=O)CCOCc2cccs2)cc1. The first-order valence-electron chi connectivity index (χ1n) is 6.26. The fourth-order valence-corrected chi connectivity index (χ4v) is 3.46. The number of thiophene rings is 1. The van der Waals surface area contributed by atoms with E-state index in [9.17, 15) is 8.42 Å². The second-order valence-corrected chi connectivity index (χ2v) is 7.53. The highest BCUT2D eigenvalue weighted by Gasteiger charge is 2.14. The van der Waals surface area contributed by atoms with E-state index >= 15 is 0 Å². The topological polar surface area (TPSA) is 93.2 Å². The Bertz CT molecular complexity index is 692. The molecule has 7 heteroatoms. The first-order chi connectivity index (χ1) is 9.99. The van der Waals surface area contributed by atoms with Crippen LogP contribution >= 0.6 is 11.3 Å². The summed E-state index contributed by atoms with van der Waals surface area (Å²) in [7, 11) is -3.38. The first kappa shape index (κ1) is 15.7. The Morgan fingerprint density at radius 1 is 1.24 bits per heavy atom. The third kappa shape index (κ3) is 4.38. The predicted molar refractivity (Wildman–Crippen MR) is 83.5 cm³/mol. The van der Waals surface area contributed by atoms with Gasteiger partial charge in [0, 0.05) is 10.4 Å². The summed E-state index contributed by atoms with van der Waals surface area (Å²) in [6.07, 6.45) is 0. The lowest BCUT2D eigenvalue weighted by Gasteiger charge is -2.06. The van der Waals surface area contributed by atoms with Gasteiger partial charge in [-0.2, -0.15) is 0 Å². The van der Waals surface area contributed by atoms with E-state index in [1.165, 1.54) is 24.3 Å². The molecule has 2 rings (SSSR count). The van der Waals surface area contributed by atoms with E-state index in [0.29, 0.717) is 12.2 Å². The van der Waals surface area contributed by atoms with Gasteiger partial charge in [-0.1, -0.05) is 18.2 Å². The van der Waals surface area contributed by atoms with E-state index in [1.807, 2.05) is 17.5 Å². The third-order valence-corrected chi connectivity index (χ3v) is 5.39. The van der Waals surface area contributed by atoms with Crippen LogP contribution in [0.4, 0.5) is 0 Å². The highest BCUT2D eigenvalue weighted by atomic mass is 32.2. The third-order valence-electron chi connectivity index (χ3n) is 2.85. The number of ether oxygens (including phenoxy) is 1. The van der Waals surface area contributed by atoms with E-state index in [1.54, 1.807) is 11.3 Å². The van der Waals surface area contributed by atoms with Gasteiger partial charge in [-0.25, -0.2) is 8.42 Å². The summed E-state index contributed by atoms with van der Waals surface area (Å²) in [6, 6.07) is 9.86. The van der Waals surface area contributed by atoms with Crippen LogP contribution in [-0.2, 0) is 21.2 Å². The van der Waals surface area contributed by atoms with Crippen LogP contribution in [0.25, 0.3) is 0 Å². The van der Waals surface area contributed by atoms with Gasteiger partial charge in [0.15, 0.2) is 9.84 Å². The van der Waals surface area contributed by atoms with Crippen molar-refractivity contribution in [1.82, 2.24) is 0 Å². The van der Waals surface area contributed by atoms with Crippen molar-refractivity contribution >= 4 is 27.0 Å². The van der Waals surface area contributed by atoms with Crippen molar-refractivity contribution in [2.24, 2.45) is 5.73 Å².